The van der Waals surface area contributed by atoms with Gasteiger partial charge in [0, 0.05) is 18.1 Å². The van der Waals surface area contributed by atoms with Gasteiger partial charge in [-0.2, -0.15) is 0 Å². The largest absolute Gasteiger partial charge is 0.491 e. The minimum Gasteiger partial charge on any atom is -0.491 e. The van der Waals surface area contributed by atoms with Crippen molar-refractivity contribution in [1.29, 1.82) is 0 Å². The van der Waals surface area contributed by atoms with E-state index in [1.165, 1.54) is 0 Å². The van der Waals surface area contributed by atoms with Crippen molar-refractivity contribution in [2.24, 2.45) is 0 Å². The molecule has 5 heteroatoms. The predicted molar refractivity (Wildman–Crippen MR) is 90.4 cm³/mol. The molecule has 0 aliphatic rings. The van der Waals surface area contributed by atoms with E-state index >= 15 is 0 Å². The SMILES string of the molecule is CCC(C)(NCC(O)COc1cccc(C)c1)c1nccs1. The molecular weight excluding hydrogens is 296 g/mol. The van der Waals surface area contributed by atoms with Crippen molar-refractivity contribution in [3.8, 4) is 5.75 Å². The van der Waals surface area contributed by atoms with Crippen LogP contribution in [0.5, 0.6) is 5.75 Å². The molecule has 1 heterocycles. The molecule has 2 aromatic rings. The van der Waals surface area contributed by atoms with Crippen LogP contribution in [0, 0.1) is 6.92 Å². The second kappa shape index (κ2) is 7.72. The van der Waals surface area contributed by atoms with E-state index in [4.69, 9.17) is 4.74 Å². The Morgan fingerprint density at radius 1 is 1.45 bits per heavy atom. The molecule has 0 radical (unpaired) electrons. The summed E-state index contributed by atoms with van der Waals surface area (Å²) in [7, 11) is 0. The lowest BCUT2D eigenvalue weighted by Gasteiger charge is -2.28. The zero-order valence-corrected chi connectivity index (χ0v) is 14.2. The van der Waals surface area contributed by atoms with Gasteiger partial charge in [-0.25, -0.2) is 4.98 Å². The molecule has 2 N–H and O–H groups in total. The van der Waals surface area contributed by atoms with Gasteiger partial charge in [0.25, 0.3) is 0 Å². The van der Waals surface area contributed by atoms with Crippen LogP contribution in [0.3, 0.4) is 0 Å². The number of hydrogen-bond acceptors (Lipinski definition) is 5. The monoisotopic (exact) mass is 320 g/mol. The lowest BCUT2D eigenvalue weighted by Crippen LogP contribution is -2.44. The number of aryl methyl sites for hydroxylation is 1. The van der Waals surface area contributed by atoms with Crippen LogP contribution < -0.4 is 10.1 Å². The first-order valence-corrected chi connectivity index (χ1v) is 8.44. The summed E-state index contributed by atoms with van der Waals surface area (Å²) in [6.07, 6.45) is 2.16. The number of aliphatic hydroxyl groups excluding tert-OH is 1. The van der Waals surface area contributed by atoms with Gasteiger partial charge in [-0.3, -0.25) is 0 Å². The van der Waals surface area contributed by atoms with Crippen LogP contribution in [0.4, 0.5) is 0 Å². The molecule has 0 aliphatic heterocycles. The van der Waals surface area contributed by atoms with Gasteiger partial charge in [-0.05, 0) is 38.0 Å². The molecule has 0 amide bonds. The Balaban J connectivity index is 1.83. The lowest BCUT2D eigenvalue weighted by molar-refractivity contribution is 0.0968. The Morgan fingerprint density at radius 2 is 2.27 bits per heavy atom. The highest BCUT2D eigenvalue weighted by Crippen LogP contribution is 2.26. The topological polar surface area (TPSA) is 54.4 Å². The first-order valence-electron chi connectivity index (χ1n) is 7.56. The van der Waals surface area contributed by atoms with Crippen LogP contribution in [0.2, 0.25) is 0 Å². The van der Waals surface area contributed by atoms with Crippen molar-refractivity contribution in [2.75, 3.05) is 13.2 Å². The number of nitrogens with zero attached hydrogens (tertiary/aromatic N) is 1. The van der Waals surface area contributed by atoms with E-state index in [0.29, 0.717) is 6.54 Å². The van der Waals surface area contributed by atoms with Crippen LogP contribution in [-0.2, 0) is 5.54 Å². The zero-order valence-electron chi connectivity index (χ0n) is 13.4. The van der Waals surface area contributed by atoms with Crippen molar-refractivity contribution in [1.82, 2.24) is 10.3 Å². The summed E-state index contributed by atoms with van der Waals surface area (Å²) in [6, 6.07) is 7.84. The van der Waals surface area contributed by atoms with E-state index in [0.717, 1.165) is 22.7 Å². The Kier molecular flexibility index (Phi) is 5.94. The third-order valence-electron chi connectivity index (χ3n) is 3.77. The second-order valence-corrected chi connectivity index (χ2v) is 6.58. The van der Waals surface area contributed by atoms with Crippen LogP contribution in [0.25, 0.3) is 0 Å². The third-order valence-corrected chi connectivity index (χ3v) is 4.81. The van der Waals surface area contributed by atoms with Gasteiger partial charge < -0.3 is 15.2 Å². The van der Waals surface area contributed by atoms with E-state index in [2.05, 4.69) is 24.1 Å². The van der Waals surface area contributed by atoms with Gasteiger partial charge >= 0.3 is 0 Å². The summed E-state index contributed by atoms with van der Waals surface area (Å²) in [5.74, 6) is 0.789. The lowest BCUT2D eigenvalue weighted by atomic mass is 9.99. The van der Waals surface area contributed by atoms with Gasteiger partial charge in [0.15, 0.2) is 0 Å². The van der Waals surface area contributed by atoms with Gasteiger partial charge in [0.1, 0.15) is 23.5 Å². The van der Waals surface area contributed by atoms with Crippen molar-refractivity contribution in [2.45, 2.75) is 38.8 Å². The molecule has 2 unspecified atom stereocenters. The average molecular weight is 320 g/mol. The number of rotatable bonds is 8. The number of ether oxygens (including phenoxy) is 1. The van der Waals surface area contributed by atoms with Crippen LogP contribution in [0.15, 0.2) is 35.8 Å². The van der Waals surface area contributed by atoms with Gasteiger partial charge in [-0.15, -0.1) is 11.3 Å². The summed E-state index contributed by atoms with van der Waals surface area (Å²) in [4.78, 5) is 4.38. The normalized spacial score (nSPS) is 15.3. The predicted octanol–water partition coefficient (Wildman–Crippen LogP) is 3.11. The number of thiazole rings is 1. The van der Waals surface area contributed by atoms with Gasteiger partial charge in [-0.1, -0.05) is 19.1 Å². The fraction of sp³-hybridized carbons (Fsp3) is 0.471. The molecule has 120 valence electrons. The molecule has 0 bridgehead atoms. The number of aliphatic hydroxyl groups is 1. The molecule has 0 saturated heterocycles. The van der Waals surface area contributed by atoms with Crippen LogP contribution in [-0.4, -0.2) is 29.3 Å². The molecule has 4 nitrogen and oxygen atoms in total. The molecule has 0 spiro atoms. The van der Waals surface area contributed by atoms with Crippen molar-refractivity contribution in [3.05, 3.63) is 46.4 Å². The van der Waals surface area contributed by atoms with E-state index in [1.807, 2.05) is 42.8 Å². The summed E-state index contributed by atoms with van der Waals surface area (Å²) in [5.41, 5.74) is 0.936. The molecule has 1 aromatic carbocycles. The molecule has 2 atom stereocenters. The molecule has 0 fully saturated rings. The van der Waals surface area contributed by atoms with Gasteiger partial charge in [0.05, 0.1) is 5.54 Å². The molecule has 22 heavy (non-hydrogen) atoms. The second-order valence-electron chi connectivity index (χ2n) is 5.69. The Hall–Kier alpha value is -1.43. The fourth-order valence-electron chi connectivity index (χ4n) is 2.15. The molecular formula is C17H24N2O2S. The highest BCUT2D eigenvalue weighted by Gasteiger charge is 2.27. The summed E-state index contributed by atoms with van der Waals surface area (Å²) < 4.78 is 5.64. The number of nitrogens with one attached hydrogen (secondary N) is 1. The molecule has 0 saturated carbocycles. The average Bonchev–Trinajstić information content (AvgIpc) is 3.06. The van der Waals surface area contributed by atoms with Crippen molar-refractivity contribution < 1.29 is 9.84 Å². The Bertz CT molecular complexity index is 574. The third kappa shape index (κ3) is 4.53. The van der Waals surface area contributed by atoms with Crippen LogP contribution in [0.1, 0.15) is 30.8 Å². The van der Waals surface area contributed by atoms with Crippen molar-refractivity contribution >= 4 is 11.3 Å². The highest BCUT2D eigenvalue weighted by atomic mass is 32.1. The highest BCUT2D eigenvalue weighted by molar-refractivity contribution is 7.09. The number of hydrogen-bond donors (Lipinski definition) is 2. The van der Waals surface area contributed by atoms with Crippen molar-refractivity contribution in [3.63, 3.8) is 0 Å². The molecule has 0 aliphatic carbocycles. The maximum absolute atomic E-state index is 10.1. The zero-order chi connectivity index (χ0) is 16.0. The van der Waals surface area contributed by atoms with E-state index in [1.54, 1.807) is 11.3 Å². The maximum Gasteiger partial charge on any atom is 0.119 e. The quantitative estimate of drug-likeness (QED) is 0.785. The number of aromatic nitrogens is 1. The van der Waals surface area contributed by atoms with E-state index < -0.39 is 6.10 Å². The standard InChI is InChI=1S/C17H24N2O2S/c1-4-17(3,16-18-8-9-22-16)19-11-14(20)12-21-15-7-5-6-13(2)10-15/h5-10,14,19-20H,4,11-12H2,1-3H3. The van der Waals surface area contributed by atoms with Gasteiger partial charge in [0.2, 0.25) is 0 Å². The van der Waals surface area contributed by atoms with E-state index in [9.17, 15) is 5.11 Å². The molecule has 1 aromatic heterocycles. The van der Waals surface area contributed by atoms with Crippen LogP contribution >= 0.6 is 11.3 Å². The minimum absolute atomic E-state index is 0.210. The summed E-state index contributed by atoms with van der Waals surface area (Å²) in [5, 5.41) is 16.6. The first-order chi connectivity index (χ1) is 10.5. The Morgan fingerprint density at radius 3 is 2.91 bits per heavy atom. The Labute approximate surface area is 136 Å². The number of benzene rings is 1. The minimum atomic E-state index is -0.564. The van der Waals surface area contributed by atoms with E-state index in [-0.39, 0.29) is 12.1 Å². The summed E-state index contributed by atoms with van der Waals surface area (Å²) in [6.45, 7) is 6.99. The smallest absolute Gasteiger partial charge is 0.119 e. The fourth-order valence-corrected chi connectivity index (χ4v) is 3.00. The summed E-state index contributed by atoms with van der Waals surface area (Å²) >= 11 is 1.63. The maximum atomic E-state index is 10.1. The molecule has 2 rings (SSSR count). The first kappa shape index (κ1) is 16.9.